The second-order valence-electron chi connectivity index (χ2n) is 7.74. The Kier molecular flexibility index (Phi) is 7.00. The van der Waals surface area contributed by atoms with Crippen LogP contribution in [0.5, 0.6) is 0 Å². The standard InChI is InChI=1S/C24H23ClN3O2S4/c1-4-27-14-19(23-26(2)17-6-5-16(25)11-18(17)34-23)33-21(27)12-20-28(8-10-31-20)13-15-7-9-32-22(15)24(29)30-3/h5-12H,4,13-14H2,1-3H3/q+1. The van der Waals surface area contributed by atoms with Crippen molar-refractivity contribution < 1.29 is 14.1 Å². The summed E-state index contributed by atoms with van der Waals surface area (Å²) in [5, 5.41) is 8.46. The summed E-state index contributed by atoms with van der Waals surface area (Å²) in [4.78, 5) is 20.0. The van der Waals surface area contributed by atoms with Crippen molar-refractivity contribution in [1.29, 1.82) is 0 Å². The number of thioether (sulfide) groups is 2. The van der Waals surface area contributed by atoms with Gasteiger partial charge in [0.15, 0.2) is 12.7 Å². The maximum Gasteiger partial charge on any atom is 0.348 e. The molecule has 5 nitrogen and oxygen atoms in total. The summed E-state index contributed by atoms with van der Waals surface area (Å²) in [5.74, 6) is -0.277. The van der Waals surface area contributed by atoms with Gasteiger partial charge in [-0.25, -0.2) is 4.79 Å². The molecule has 0 saturated carbocycles. The van der Waals surface area contributed by atoms with Crippen molar-refractivity contribution in [2.24, 2.45) is 0 Å². The largest absolute Gasteiger partial charge is 0.465 e. The van der Waals surface area contributed by atoms with Gasteiger partial charge in [0.1, 0.15) is 4.88 Å². The lowest BCUT2D eigenvalue weighted by molar-refractivity contribution is -0.685. The number of rotatable bonds is 5. The van der Waals surface area contributed by atoms with Crippen LogP contribution in [0.15, 0.2) is 61.1 Å². The number of fused-ring (bicyclic) bond motifs is 1. The molecule has 10 heteroatoms. The van der Waals surface area contributed by atoms with Gasteiger partial charge in [-0.15, -0.1) is 11.3 Å². The highest BCUT2D eigenvalue weighted by Crippen LogP contribution is 2.51. The number of esters is 1. The minimum absolute atomic E-state index is 0.277. The van der Waals surface area contributed by atoms with Crippen LogP contribution < -0.4 is 9.47 Å². The van der Waals surface area contributed by atoms with Gasteiger partial charge in [-0.3, -0.25) is 0 Å². The zero-order chi connectivity index (χ0) is 23.8. The molecule has 0 radical (unpaired) electrons. The van der Waals surface area contributed by atoms with Crippen LogP contribution in [0.2, 0.25) is 5.02 Å². The fourth-order valence-corrected chi connectivity index (χ4v) is 8.42. The van der Waals surface area contributed by atoms with E-state index in [1.165, 1.54) is 44.0 Å². The van der Waals surface area contributed by atoms with Crippen LogP contribution >= 0.6 is 57.8 Å². The number of aromatic nitrogens is 1. The third-order valence-corrected chi connectivity index (χ3v) is 10.3. The Morgan fingerprint density at radius 3 is 2.88 bits per heavy atom. The fourth-order valence-electron chi connectivity index (χ4n) is 3.93. The smallest absolute Gasteiger partial charge is 0.348 e. The molecule has 2 aliphatic rings. The molecule has 0 spiro atoms. The first-order valence-electron chi connectivity index (χ1n) is 10.7. The molecule has 3 aromatic rings. The number of methoxy groups -OCH3 is 1. The molecule has 0 atom stereocenters. The minimum Gasteiger partial charge on any atom is -0.465 e. The third-order valence-electron chi connectivity index (χ3n) is 5.71. The molecule has 176 valence electrons. The molecule has 2 aliphatic heterocycles. The summed E-state index contributed by atoms with van der Waals surface area (Å²) in [6, 6.07) is 8.08. The van der Waals surface area contributed by atoms with Crippen LogP contribution in [0.4, 0.5) is 5.69 Å². The number of thiophene rings is 1. The van der Waals surface area contributed by atoms with Crippen LogP contribution in [-0.4, -0.2) is 38.1 Å². The Morgan fingerprint density at radius 2 is 2.09 bits per heavy atom. The maximum atomic E-state index is 12.1. The second-order valence-corrected chi connectivity index (χ2v) is 12.2. The second kappa shape index (κ2) is 9.99. The lowest BCUT2D eigenvalue weighted by Gasteiger charge is -2.16. The molecule has 34 heavy (non-hydrogen) atoms. The van der Waals surface area contributed by atoms with E-state index < -0.39 is 0 Å². The summed E-state index contributed by atoms with van der Waals surface area (Å²) in [5.41, 5.74) is 2.18. The number of ether oxygens (including phenoxy) is 1. The molecular weight excluding hydrogens is 526 g/mol. The third kappa shape index (κ3) is 4.52. The number of likely N-dealkylation sites (N-methyl/N-ethyl adjacent to an activating group) is 1. The quantitative estimate of drug-likeness (QED) is 0.272. The van der Waals surface area contributed by atoms with Crippen molar-refractivity contribution in [1.82, 2.24) is 4.90 Å². The van der Waals surface area contributed by atoms with Gasteiger partial charge in [0.05, 0.1) is 40.9 Å². The number of carbonyl (C=O) groups is 1. The van der Waals surface area contributed by atoms with E-state index in [9.17, 15) is 4.79 Å². The van der Waals surface area contributed by atoms with E-state index in [0.717, 1.165) is 28.7 Å². The van der Waals surface area contributed by atoms with E-state index in [2.05, 4.69) is 52.1 Å². The van der Waals surface area contributed by atoms with Gasteiger partial charge in [-0.2, -0.15) is 4.57 Å². The van der Waals surface area contributed by atoms with Gasteiger partial charge >= 0.3 is 5.97 Å². The van der Waals surface area contributed by atoms with Crippen molar-refractivity contribution in [3.8, 4) is 0 Å². The highest BCUT2D eigenvalue weighted by molar-refractivity contribution is 8.09. The van der Waals surface area contributed by atoms with Gasteiger partial charge in [0.25, 0.3) is 5.01 Å². The summed E-state index contributed by atoms with van der Waals surface area (Å²) >= 11 is 13.0. The molecule has 1 fully saturated rings. The van der Waals surface area contributed by atoms with E-state index in [4.69, 9.17) is 16.3 Å². The van der Waals surface area contributed by atoms with Crippen LogP contribution in [0.1, 0.15) is 27.2 Å². The molecule has 0 aliphatic carbocycles. The first kappa shape index (κ1) is 23.8. The molecule has 0 unspecified atom stereocenters. The molecule has 0 amide bonds. The molecular formula is C24H23ClN3O2S4+. The minimum atomic E-state index is -0.277. The Labute approximate surface area is 220 Å². The van der Waals surface area contributed by atoms with Crippen LogP contribution in [-0.2, 0) is 11.3 Å². The first-order chi connectivity index (χ1) is 16.5. The van der Waals surface area contributed by atoms with Crippen molar-refractivity contribution in [3.63, 3.8) is 0 Å². The monoisotopic (exact) mass is 548 g/mol. The Balaban J connectivity index is 1.42. The van der Waals surface area contributed by atoms with Gasteiger partial charge in [-0.05, 0) is 36.6 Å². The summed E-state index contributed by atoms with van der Waals surface area (Å²) in [7, 11) is 3.55. The predicted molar refractivity (Wildman–Crippen MR) is 145 cm³/mol. The maximum absolute atomic E-state index is 12.1. The summed E-state index contributed by atoms with van der Waals surface area (Å²) in [6.07, 6.45) is 4.34. The topological polar surface area (TPSA) is 36.7 Å². The van der Waals surface area contributed by atoms with Crippen molar-refractivity contribution in [3.05, 3.63) is 76.7 Å². The average molecular weight is 549 g/mol. The van der Waals surface area contributed by atoms with E-state index in [1.54, 1.807) is 23.1 Å². The van der Waals surface area contributed by atoms with Crippen LogP contribution in [0.25, 0.3) is 6.08 Å². The zero-order valence-corrected chi connectivity index (χ0v) is 22.9. The molecule has 4 heterocycles. The van der Waals surface area contributed by atoms with Crippen molar-refractivity contribution in [2.75, 3.05) is 32.1 Å². The predicted octanol–water partition coefficient (Wildman–Crippen LogP) is 6.36. The first-order valence-corrected chi connectivity index (χ1v) is 14.5. The number of halogens is 1. The highest BCUT2D eigenvalue weighted by atomic mass is 35.5. The lowest BCUT2D eigenvalue weighted by Crippen LogP contribution is -2.35. The highest BCUT2D eigenvalue weighted by Gasteiger charge is 2.32. The Hall–Kier alpha value is -1.91. The van der Waals surface area contributed by atoms with Crippen LogP contribution in [0.3, 0.4) is 0 Å². The summed E-state index contributed by atoms with van der Waals surface area (Å²) in [6.45, 7) is 4.66. The molecule has 0 bridgehead atoms. The molecule has 5 rings (SSSR count). The molecule has 1 saturated heterocycles. The average Bonchev–Trinajstić information content (AvgIpc) is 3.61. The number of thiazole rings is 1. The number of hydrogen-bond donors (Lipinski definition) is 0. The Morgan fingerprint density at radius 1 is 1.24 bits per heavy atom. The van der Waals surface area contributed by atoms with Gasteiger partial charge < -0.3 is 14.5 Å². The molecule has 0 N–H and O–H groups in total. The molecule has 1 aromatic carbocycles. The van der Waals surface area contributed by atoms with E-state index in [-0.39, 0.29) is 5.97 Å². The zero-order valence-electron chi connectivity index (χ0n) is 18.9. The Bertz CT molecular complexity index is 1310. The number of anilines is 1. The number of hydrogen-bond acceptors (Lipinski definition) is 8. The number of benzene rings is 1. The normalized spacial score (nSPS) is 18.8. The lowest BCUT2D eigenvalue weighted by atomic mass is 10.2. The van der Waals surface area contributed by atoms with E-state index in [0.29, 0.717) is 11.4 Å². The van der Waals surface area contributed by atoms with Gasteiger partial charge in [0.2, 0.25) is 0 Å². The number of nitrogens with zero attached hydrogens (tertiary/aromatic N) is 3. The van der Waals surface area contributed by atoms with Crippen LogP contribution in [0, 0.1) is 0 Å². The fraction of sp³-hybridized carbons (Fsp3) is 0.250. The summed E-state index contributed by atoms with van der Waals surface area (Å²) < 4.78 is 7.14. The SMILES string of the molecule is CCN1CC(=C2Sc3cc(Cl)ccc3N2C)SC1=Cc1scc[n+]1Cc1ccsc1C(=O)OC. The molecule has 2 aromatic heterocycles. The van der Waals surface area contributed by atoms with Crippen molar-refractivity contribution in [2.45, 2.75) is 18.4 Å². The van der Waals surface area contributed by atoms with Gasteiger partial charge in [0, 0.05) is 34.0 Å². The van der Waals surface area contributed by atoms with Gasteiger partial charge in [-0.1, -0.05) is 46.5 Å². The number of carbonyl (C=O) groups excluding carboxylic acids is 1. The van der Waals surface area contributed by atoms with E-state index >= 15 is 0 Å². The van der Waals surface area contributed by atoms with Crippen molar-refractivity contribution >= 4 is 75.5 Å². The van der Waals surface area contributed by atoms with E-state index in [1.807, 2.05) is 35.3 Å².